The minimum Gasteiger partial charge on any atom is -0.456 e. The zero-order chi connectivity index (χ0) is 10.5. The van der Waals surface area contributed by atoms with Crippen LogP contribution in [-0.2, 0) is 4.53 Å². The highest BCUT2D eigenvalue weighted by atomic mass is 28.4. The molecule has 0 aliphatic heterocycles. The van der Waals surface area contributed by atoms with Gasteiger partial charge in [-0.25, -0.2) is 0 Å². The summed E-state index contributed by atoms with van der Waals surface area (Å²) in [5.41, 5.74) is 0.785. The van der Waals surface area contributed by atoms with Crippen LogP contribution in [0.15, 0.2) is 5.16 Å². The first-order valence-corrected chi connectivity index (χ1v) is 7.93. The fourth-order valence-corrected chi connectivity index (χ4v) is 1.17. The van der Waals surface area contributed by atoms with Crippen LogP contribution in [0.5, 0.6) is 0 Å². The molecule has 0 bridgehead atoms. The Bertz CT molecular complexity index is 225. The van der Waals surface area contributed by atoms with Gasteiger partial charge in [-0.1, -0.05) is 6.92 Å². The molecule has 0 aromatic carbocycles. The maximum Gasteiger partial charge on any atom is 0.278 e. The van der Waals surface area contributed by atoms with Crippen LogP contribution in [-0.4, -0.2) is 14.0 Å². The summed E-state index contributed by atoms with van der Waals surface area (Å²) < 4.78 is 5.35. The Kier molecular flexibility index (Phi) is 4.71. The topological polar surface area (TPSA) is 45.4 Å². The Morgan fingerprint density at radius 2 is 2.08 bits per heavy atom. The molecule has 0 saturated heterocycles. The van der Waals surface area contributed by atoms with Crippen LogP contribution < -0.4 is 0 Å². The summed E-state index contributed by atoms with van der Waals surface area (Å²) in [7, 11) is -1.59. The van der Waals surface area contributed by atoms with Gasteiger partial charge in [-0.15, -0.1) is 5.16 Å². The van der Waals surface area contributed by atoms with E-state index in [0.29, 0.717) is 0 Å². The Morgan fingerprint density at radius 1 is 1.54 bits per heavy atom. The van der Waals surface area contributed by atoms with Gasteiger partial charge in [0.2, 0.25) is 0 Å². The second kappa shape index (κ2) is 5.03. The van der Waals surface area contributed by atoms with E-state index < -0.39 is 8.32 Å². The minimum absolute atomic E-state index is 0.101. The summed E-state index contributed by atoms with van der Waals surface area (Å²) in [5, 5.41) is 12.7. The van der Waals surface area contributed by atoms with Crippen molar-refractivity contribution in [3.63, 3.8) is 0 Å². The van der Waals surface area contributed by atoms with Gasteiger partial charge in [-0.05, 0) is 33.0 Å². The standard InChI is InChI=1S/C9H18N2OSi/c1-6-9(7-10)8(2)11-12-13(3,4)5/h9H,6H2,1-5H3/b11-8+. The van der Waals surface area contributed by atoms with Gasteiger partial charge in [0, 0.05) is 0 Å². The van der Waals surface area contributed by atoms with E-state index >= 15 is 0 Å². The van der Waals surface area contributed by atoms with Gasteiger partial charge in [0.1, 0.15) is 0 Å². The van der Waals surface area contributed by atoms with Crippen LogP contribution in [0.3, 0.4) is 0 Å². The highest BCUT2D eigenvalue weighted by molar-refractivity contribution is 6.69. The van der Waals surface area contributed by atoms with E-state index in [1.165, 1.54) is 0 Å². The summed E-state index contributed by atoms with van der Waals surface area (Å²) in [4.78, 5) is 0. The maximum absolute atomic E-state index is 8.75. The van der Waals surface area contributed by atoms with Crippen molar-refractivity contribution in [2.45, 2.75) is 39.9 Å². The van der Waals surface area contributed by atoms with E-state index in [4.69, 9.17) is 9.79 Å². The van der Waals surface area contributed by atoms with Crippen molar-refractivity contribution in [3.8, 4) is 6.07 Å². The molecule has 0 aliphatic carbocycles. The second-order valence-corrected chi connectivity index (χ2v) is 8.43. The number of hydrogen-bond donors (Lipinski definition) is 0. The van der Waals surface area contributed by atoms with Crippen molar-refractivity contribution >= 4 is 14.0 Å². The first-order chi connectivity index (χ1) is 5.90. The maximum atomic E-state index is 8.75. The first-order valence-electron chi connectivity index (χ1n) is 4.53. The molecular formula is C9H18N2OSi. The molecule has 1 unspecified atom stereocenters. The van der Waals surface area contributed by atoms with Gasteiger partial charge in [0.25, 0.3) is 8.32 Å². The normalized spacial score (nSPS) is 14.9. The van der Waals surface area contributed by atoms with E-state index in [0.717, 1.165) is 12.1 Å². The van der Waals surface area contributed by atoms with Gasteiger partial charge in [-0.3, -0.25) is 0 Å². The smallest absolute Gasteiger partial charge is 0.278 e. The molecule has 1 atom stereocenters. The highest BCUT2D eigenvalue weighted by Gasteiger charge is 2.17. The van der Waals surface area contributed by atoms with E-state index in [1.807, 2.05) is 13.8 Å². The minimum atomic E-state index is -1.59. The monoisotopic (exact) mass is 198 g/mol. The molecule has 0 rings (SSSR count). The Hall–Kier alpha value is -0.823. The van der Waals surface area contributed by atoms with Crippen molar-refractivity contribution in [1.29, 1.82) is 5.26 Å². The Labute approximate surface area is 81.5 Å². The van der Waals surface area contributed by atoms with Crippen LogP contribution >= 0.6 is 0 Å². The molecule has 0 radical (unpaired) electrons. The molecule has 13 heavy (non-hydrogen) atoms. The van der Waals surface area contributed by atoms with E-state index in [-0.39, 0.29) is 5.92 Å². The van der Waals surface area contributed by atoms with E-state index in [9.17, 15) is 0 Å². The van der Waals surface area contributed by atoms with Gasteiger partial charge in [0.15, 0.2) is 0 Å². The molecule has 0 spiro atoms. The molecule has 0 aromatic heterocycles. The molecule has 4 heteroatoms. The highest BCUT2D eigenvalue weighted by Crippen LogP contribution is 2.08. The van der Waals surface area contributed by atoms with Crippen molar-refractivity contribution in [2.24, 2.45) is 11.1 Å². The summed E-state index contributed by atoms with van der Waals surface area (Å²) in [6.45, 7) is 10.0. The summed E-state index contributed by atoms with van der Waals surface area (Å²) in [5.74, 6) is -0.101. The van der Waals surface area contributed by atoms with Crippen LogP contribution in [0.2, 0.25) is 19.6 Å². The molecule has 0 N–H and O–H groups in total. The quantitative estimate of drug-likeness (QED) is 0.396. The third-order valence-electron chi connectivity index (χ3n) is 1.53. The van der Waals surface area contributed by atoms with Crippen molar-refractivity contribution in [1.82, 2.24) is 0 Å². The predicted molar refractivity (Wildman–Crippen MR) is 56.9 cm³/mol. The largest absolute Gasteiger partial charge is 0.456 e. The number of rotatable bonds is 4. The summed E-state index contributed by atoms with van der Waals surface area (Å²) >= 11 is 0. The lowest BCUT2D eigenvalue weighted by Crippen LogP contribution is -2.23. The van der Waals surface area contributed by atoms with E-state index in [1.54, 1.807) is 0 Å². The van der Waals surface area contributed by atoms with Crippen molar-refractivity contribution in [2.75, 3.05) is 0 Å². The van der Waals surface area contributed by atoms with Crippen LogP contribution in [0, 0.1) is 17.2 Å². The molecule has 3 nitrogen and oxygen atoms in total. The Morgan fingerprint density at radius 3 is 2.38 bits per heavy atom. The molecule has 0 aromatic rings. The third kappa shape index (κ3) is 5.42. The number of hydrogen-bond acceptors (Lipinski definition) is 3. The second-order valence-electron chi connectivity index (χ2n) is 4.03. The number of nitriles is 1. The predicted octanol–water partition coefficient (Wildman–Crippen LogP) is 2.76. The van der Waals surface area contributed by atoms with Crippen molar-refractivity contribution < 1.29 is 4.53 Å². The van der Waals surface area contributed by atoms with Gasteiger partial charge < -0.3 is 4.53 Å². The first kappa shape index (κ1) is 12.2. The average Bonchev–Trinajstić information content (AvgIpc) is 2.02. The lowest BCUT2D eigenvalue weighted by Gasteiger charge is -2.14. The summed E-state index contributed by atoms with van der Waals surface area (Å²) in [6, 6.07) is 2.19. The molecule has 0 amide bonds. The molecular weight excluding hydrogens is 180 g/mol. The number of oxime groups is 1. The SMILES string of the molecule is CCC(C#N)/C(C)=N/O[Si](C)(C)C. The lowest BCUT2D eigenvalue weighted by atomic mass is 10.0. The molecule has 0 aliphatic rings. The fourth-order valence-electron chi connectivity index (χ4n) is 0.753. The molecule has 0 heterocycles. The Balaban J connectivity index is 4.25. The average molecular weight is 198 g/mol. The number of nitrogens with zero attached hydrogens (tertiary/aromatic N) is 2. The zero-order valence-electron chi connectivity index (χ0n) is 9.09. The van der Waals surface area contributed by atoms with Crippen LogP contribution in [0.1, 0.15) is 20.3 Å². The summed E-state index contributed by atoms with van der Waals surface area (Å²) in [6.07, 6.45) is 0.793. The zero-order valence-corrected chi connectivity index (χ0v) is 10.1. The van der Waals surface area contributed by atoms with Gasteiger partial charge in [0.05, 0.1) is 17.7 Å². The fraction of sp³-hybridized carbons (Fsp3) is 0.778. The molecule has 0 fully saturated rings. The van der Waals surface area contributed by atoms with E-state index in [2.05, 4.69) is 30.9 Å². The van der Waals surface area contributed by atoms with Gasteiger partial charge in [-0.2, -0.15) is 5.26 Å². The molecule has 0 saturated carbocycles. The lowest BCUT2D eigenvalue weighted by molar-refractivity contribution is 0.332. The van der Waals surface area contributed by atoms with Crippen LogP contribution in [0.4, 0.5) is 0 Å². The van der Waals surface area contributed by atoms with Crippen molar-refractivity contribution in [3.05, 3.63) is 0 Å². The molecule has 74 valence electrons. The third-order valence-corrected chi connectivity index (χ3v) is 2.17. The van der Waals surface area contributed by atoms with Gasteiger partial charge >= 0.3 is 0 Å². The van der Waals surface area contributed by atoms with Crippen LogP contribution in [0.25, 0.3) is 0 Å².